The van der Waals surface area contributed by atoms with Gasteiger partial charge in [0.2, 0.25) is 10.0 Å². The van der Waals surface area contributed by atoms with Crippen molar-refractivity contribution >= 4 is 10.0 Å². The molecule has 0 aromatic carbocycles. The molecule has 5 heteroatoms. The zero-order valence-corrected chi connectivity index (χ0v) is 7.37. The van der Waals surface area contributed by atoms with Crippen LogP contribution in [0.5, 0.6) is 0 Å². The van der Waals surface area contributed by atoms with Crippen LogP contribution in [0.4, 0.5) is 0 Å². The van der Waals surface area contributed by atoms with E-state index in [0.29, 0.717) is 0 Å². The van der Waals surface area contributed by atoms with Gasteiger partial charge < -0.3 is 5.11 Å². The average molecular weight is 189 g/mol. The van der Waals surface area contributed by atoms with Crippen molar-refractivity contribution in [1.82, 2.24) is 4.31 Å². The van der Waals surface area contributed by atoms with Gasteiger partial charge in [-0.2, -0.15) is 4.31 Å². The second-order valence-electron chi connectivity index (χ2n) is 3.18. The summed E-state index contributed by atoms with van der Waals surface area (Å²) >= 11 is 0. The highest BCUT2D eigenvalue weighted by molar-refractivity contribution is 7.92. The molecule has 12 heavy (non-hydrogen) atoms. The molecule has 0 bridgehead atoms. The Bertz CT molecular complexity index is 309. The van der Waals surface area contributed by atoms with Crippen molar-refractivity contribution < 1.29 is 13.5 Å². The van der Waals surface area contributed by atoms with Gasteiger partial charge >= 0.3 is 0 Å². The van der Waals surface area contributed by atoms with Gasteiger partial charge in [0.25, 0.3) is 0 Å². The topological polar surface area (TPSA) is 57.6 Å². The maximum absolute atomic E-state index is 11.3. The average Bonchev–Trinajstić information content (AvgIpc) is 2.53. The lowest BCUT2D eigenvalue weighted by Gasteiger charge is -2.20. The van der Waals surface area contributed by atoms with Crippen molar-refractivity contribution in [3.8, 4) is 0 Å². The molecule has 4 nitrogen and oxygen atoms in total. The van der Waals surface area contributed by atoms with E-state index in [1.54, 1.807) is 6.08 Å². The lowest BCUT2D eigenvalue weighted by molar-refractivity contribution is 0.208. The number of sulfonamides is 1. The summed E-state index contributed by atoms with van der Waals surface area (Å²) in [4.78, 5) is 0. The molecule has 0 aliphatic carbocycles. The van der Waals surface area contributed by atoms with Crippen LogP contribution in [0, 0.1) is 0 Å². The van der Waals surface area contributed by atoms with Crippen molar-refractivity contribution in [3.63, 3.8) is 0 Å². The second-order valence-corrected chi connectivity index (χ2v) is 4.91. The summed E-state index contributed by atoms with van der Waals surface area (Å²) in [5, 5.41) is 10.1. The van der Waals surface area contributed by atoms with E-state index in [4.69, 9.17) is 5.11 Å². The molecule has 0 aromatic heterocycles. The first kappa shape index (κ1) is 8.22. The fourth-order valence-corrected chi connectivity index (χ4v) is 3.56. The molecule has 0 saturated carbocycles. The van der Waals surface area contributed by atoms with Crippen LogP contribution in [0.1, 0.15) is 12.8 Å². The van der Waals surface area contributed by atoms with Crippen LogP contribution in [-0.2, 0) is 10.0 Å². The molecule has 2 aliphatic heterocycles. The van der Waals surface area contributed by atoms with Crippen LogP contribution in [0.3, 0.4) is 0 Å². The van der Waals surface area contributed by atoms with Crippen LogP contribution >= 0.6 is 0 Å². The van der Waals surface area contributed by atoms with Gasteiger partial charge in [0.1, 0.15) is 0 Å². The van der Waals surface area contributed by atoms with Gasteiger partial charge in [0.15, 0.2) is 0 Å². The third kappa shape index (κ3) is 1.01. The lowest BCUT2D eigenvalue weighted by Crippen LogP contribution is -2.37. The van der Waals surface area contributed by atoms with Crippen molar-refractivity contribution in [2.75, 3.05) is 6.61 Å². The number of fused-ring (bicyclic) bond motifs is 1. The maximum atomic E-state index is 11.3. The highest BCUT2D eigenvalue weighted by atomic mass is 32.2. The fraction of sp³-hybridized carbons (Fsp3) is 0.714. The Morgan fingerprint density at radius 1 is 1.50 bits per heavy atom. The largest absolute Gasteiger partial charge is 0.395 e. The summed E-state index contributed by atoms with van der Waals surface area (Å²) in [6.07, 6.45) is 3.30. The molecule has 0 spiro atoms. The molecule has 2 heterocycles. The molecular formula is C7H11NO3S. The lowest BCUT2D eigenvalue weighted by atomic mass is 10.2. The van der Waals surface area contributed by atoms with Gasteiger partial charge in [-0.15, -0.1) is 0 Å². The SMILES string of the molecule is O=S1(=O)C=CC2CC[C@@H](CO)N21. The molecule has 0 aromatic rings. The molecule has 0 radical (unpaired) electrons. The highest BCUT2D eigenvalue weighted by Crippen LogP contribution is 2.32. The van der Waals surface area contributed by atoms with E-state index in [-0.39, 0.29) is 18.7 Å². The van der Waals surface area contributed by atoms with E-state index in [1.807, 2.05) is 0 Å². The minimum atomic E-state index is -3.19. The fourth-order valence-electron chi connectivity index (χ4n) is 1.90. The van der Waals surface area contributed by atoms with Gasteiger partial charge in [-0.05, 0) is 12.8 Å². The first-order valence-electron chi connectivity index (χ1n) is 3.98. The normalized spacial score (nSPS) is 38.8. The first-order valence-corrected chi connectivity index (χ1v) is 5.48. The molecule has 1 fully saturated rings. The summed E-state index contributed by atoms with van der Waals surface area (Å²) in [7, 11) is -3.19. The van der Waals surface area contributed by atoms with Crippen LogP contribution in [0.2, 0.25) is 0 Å². The van der Waals surface area contributed by atoms with E-state index < -0.39 is 10.0 Å². The number of hydrogen-bond donors (Lipinski definition) is 1. The van der Waals surface area contributed by atoms with E-state index in [0.717, 1.165) is 12.8 Å². The van der Waals surface area contributed by atoms with Crippen molar-refractivity contribution in [2.45, 2.75) is 24.9 Å². The smallest absolute Gasteiger partial charge is 0.236 e. The Kier molecular flexibility index (Phi) is 1.75. The summed E-state index contributed by atoms with van der Waals surface area (Å²) in [6, 6.07) is -0.192. The molecule has 1 N–H and O–H groups in total. The molecule has 2 aliphatic rings. The Morgan fingerprint density at radius 3 is 2.92 bits per heavy atom. The predicted octanol–water partition coefficient (Wildman–Crippen LogP) is -0.331. The summed E-state index contributed by atoms with van der Waals surface area (Å²) in [5.41, 5.74) is 0. The number of rotatable bonds is 1. The van der Waals surface area contributed by atoms with Crippen molar-refractivity contribution in [3.05, 3.63) is 11.5 Å². The first-order chi connectivity index (χ1) is 5.65. The van der Waals surface area contributed by atoms with Gasteiger partial charge in [-0.25, -0.2) is 8.42 Å². The van der Waals surface area contributed by atoms with Gasteiger partial charge in [0, 0.05) is 17.5 Å². The Balaban J connectivity index is 2.33. The summed E-state index contributed by atoms with van der Waals surface area (Å²) < 4.78 is 24.1. The zero-order chi connectivity index (χ0) is 8.77. The zero-order valence-electron chi connectivity index (χ0n) is 6.55. The number of aliphatic hydroxyl groups is 1. The minimum absolute atomic E-state index is 0.00662. The standard InChI is InChI=1S/C7H11NO3S/c9-5-7-2-1-6-3-4-12(10,11)8(6)7/h3-4,6-7,9H,1-2,5H2/t6?,7-/m0/s1. The second kappa shape index (κ2) is 2.55. The summed E-state index contributed by atoms with van der Waals surface area (Å²) in [5.74, 6) is 0. The maximum Gasteiger partial charge on any atom is 0.236 e. The quantitative estimate of drug-likeness (QED) is 0.614. The van der Waals surface area contributed by atoms with E-state index in [9.17, 15) is 8.42 Å². The predicted molar refractivity (Wildman–Crippen MR) is 43.8 cm³/mol. The molecule has 68 valence electrons. The van der Waals surface area contributed by atoms with Crippen LogP contribution in [0.25, 0.3) is 0 Å². The molecule has 2 atom stereocenters. The molecule has 0 amide bonds. The summed E-state index contributed by atoms with van der Waals surface area (Å²) in [6.45, 7) is -0.0720. The monoisotopic (exact) mass is 189 g/mol. The third-order valence-corrected chi connectivity index (χ3v) is 4.12. The Morgan fingerprint density at radius 2 is 2.25 bits per heavy atom. The molecular weight excluding hydrogens is 178 g/mol. The molecule has 2 rings (SSSR count). The number of aliphatic hydroxyl groups excluding tert-OH is 1. The highest BCUT2D eigenvalue weighted by Gasteiger charge is 2.42. The molecule has 1 unspecified atom stereocenters. The van der Waals surface area contributed by atoms with Gasteiger partial charge in [-0.3, -0.25) is 0 Å². The number of nitrogens with zero attached hydrogens (tertiary/aromatic N) is 1. The Hall–Kier alpha value is -0.390. The van der Waals surface area contributed by atoms with E-state index in [1.165, 1.54) is 9.71 Å². The van der Waals surface area contributed by atoms with Crippen molar-refractivity contribution in [2.24, 2.45) is 0 Å². The Labute approximate surface area is 71.5 Å². The van der Waals surface area contributed by atoms with Crippen molar-refractivity contribution in [1.29, 1.82) is 0 Å². The van der Waals surface area contributed by atoms with Crippen LogP contribution in [-0.4, -0.2) is 36.5 Å². The van der Waals surface area contributed by atoms with E-state index in [2.05, 4.69) is 0 Å². The van der Waals surface area contributed by atoms with Crippen LogP contribution < -0.4 is 0 Å². The number of hydrogen-bond acceptors (Lipinski definition) is 3. The third-order valence-electron chi connectivity index (χ3n) is 2.46. The van der Waals surface area contributed by atoms with E-state index >= 15 is 0 Å². The molecule has 1 saturated heterocycles. The minimum Gasteiger partial charge on any atom is -0.395 e. The van der Waals surface area contributed by atoms with Crippen LogP contribution in [0.15, 0.2) is 11.5 Å². The van der Waals surface area contributed by atoms with Gasteiger partial charge in [0.05, 0.1) is 6.61 Å². The van der Waals surface area contributed by atoms with Gasteiger partial charge in [-0.1, -0.05) is 6.08 Å².